The van der Waals surface area contributed by atoms with E-state index in [0.717, 1.165) is 6.20 Å². The van der Waals surface area contributed by atoms with Crippen LogP contribution in [0.5, 0.6) is 0 Å². The fourth-order valence-corrected chi connectivity index (χ4v) is 0.420. The van der Waals surface area contributed by atoms with Crippen LogP contribution in [0, 0.1) is 6.26 Å². The number of alkyl halides is 3. The van der Waals surface area contributed by atoms with Gasteiger partial charge in [0.1, 0.15) is 0 Å². The van der Waals surface area contributed by atoms with Crippen molar-refractivity contribution in [3.05, 3.63) is 12.5 Å². The van der Waals surface area contributed by atoms with E-state index >= 15 is 0 Å². The number of hydrogen-bond donors (Lipinski definition) is 0. The fraction of sp³-hybridized carbons (Fsp3) is 0.500. The predicted octanol–water partition coefficient (Wildman–Crippen LogP) is 1.00. The summed E-state index contributed by atoms with van der Waals surface area (Å²) in [7, 11) is 0. The topological polar surface area (TPSA) is 21.7 Å². The maximum atomic E-state index is 11.3. The molecular formula is C4H3F3NO2. The molecule has 0 unspecified atom stereocenters. The Kier molecular flexibility index (Phi) is 1.71. The number of hydrogen-bond acceptors (Lipinski definition) is 3. The Morgan fingerprint density at radius 1 is 1.60 bits per heavy atom. The lowest BCUT2D eigenvalue weighted by molar-refractivity contribution is -0.406. The summed E-state index contributed by atoms with van der Waals surface area (Å²) in [6.45, 7) is -0.278. The molecule has 0 saturated heterocycles. The van der Waals surface area contributed by atoms with Gasteiger partial charge < -0.3 is 4.74 Å². The third-order valence-electron chi connectivity index (χ3n) is 0.693. The maximum Gasteiger partial charge on any atom is 0.544 e. The molecule has 0 saturated carbocycles. The van der Waals surface area contributed by atoms with Gasteiger partial charge in [-0.1, -0.05) is 0 Å². The summed E-state index contributed by atoms with van der Waals surface area (Å²) in [6, 6.07) is 0. The lowest BCUT2D eigenvalue weighted by Gasteiger charge is -2.14. The van der Waals surface area contributed by atoms with Crippen molar-refractivity contribution in [3.63, 3.8) is 0 Å². The van der Waals surface area contributed by atoms with E-state index in [0.29, 0.717) is 5.06 Å². The number of hydroxylamine groups is 2. The highest BCUT2D eigenvalue weighted by atomic mass is 19.4. The molecule has 0 aromatic carbocycles. The van der Waals surface area contributed by atoms with Crippen LogP contribution >= 0.6 is 0 Å². The smallest absolute Gasteiger partial charge is 0.465 e. The molecule has 57 valence electrons. The molecule has 1 aliphatic rings. The van der Waals surface area contributed by atoms with E-state index in [1.54, 1.807) is 0 Å². The first-order valence-electron chi connectivity index (χ1n) is 2.31. The lowest BCUT2D eigenvalue weighted by atomic mass is 11.0. The maximum absolute atomic E-state index is 11.3. The minimum Gasteiger partial charge on any atom is -0.465 e. The molecule has 0 aliphatic carbocycles. The minimum atomic E-state index is -4.66. The van der Waals surface area contributed by atoms with Crippen LogP contribution < -0.4 is 0 Å². The average molecular weight is 154 g/mol. The average Bonchev–Trinajstić information content (AvgIpc) is 2.12. The summed E-state index contributed by atoms with van der Waals surface area (Å²) in [6.07, 6.45) is -1.67. The van der Waals surface area contributed by atoms with Gasteiger partial charge in [0, 0.05) is 0 Å². The number of nitrogens with zero attached hydrogens (tertiary/aromatic N) is 1. The van der Waals surface area contributed by atoms with Crippen molar-refractivity contribution in [2.24, 2.45) is 0 Å². The molecule has 0 atom stereocenters. The quantitative estimate of drug-likeness (QED) is 0.562. The molecule has 10 heavy (non-hydrogen) atoms. The number of rotatable bonds is 1. The van der Waals surface area contributed by atoms with E-state index < -0.39 is 6.36 Å². The largest absolute Gasteiger partial charge is 0.544 e. The van der Waals surface area contributed by atoms with Gasteiger partial charge in [-0.05, 0) is 0 Å². The highest BCUT2D eigenvalue weighted by molar-refractivity contribution is 4.66. The third-order valence-corrected chi connectivity index (χ3v) is 0.693. The first-order valence-corrected chi connectivity index (χ1v) is 2.31. The van der Waals surface area contributed by atoms with E-state index in [4.69, 9.17) is 0 Å². The van der Waals surface area contributed by atoms with Crippen LogP contribution in [-0.2, 0) is 9.57 Å². The Morgan fingerprint density at radius 2 is 2.30 bits per heavy atom. The molecule has 0 aromatic heterocycles. The van der Waals surface area contributed by atoms with E-state index in [1.165, 1.54) is 0 Å². The molecule has 0 aromatic rings. The zero-order valence-corrected chi connectivity index (χ0v) is 4.68. The Bertz CT molecular complexity index is 144. The molecule has 0 spiro atoms. The first-order chi connectivity index (χ1) is 4.58. The zero-order chi connectivity index (χ0) is 7.61. The number of halogens is 3. The molecule has 0 amide bonds. The Morgan fingerprint density at radius 3 is 2.70 bits per heavy atom. The van der Waals surface area contributed by atoms with E-state index in [9.17, 15) is 13.2 Å². The number of ether oxygens (including phenoxy) is 1. The van der Waals surface area contributed by atoms with Crippen LogP contribution in [0.15, 0.2) is 6.20 Å². The van der Waals surface area contributed by atoms with E-state index in [2.05, 4.69) is 15.8 Å². The first kappa shape index (κ1) is 7.20. The summed E-state index contributed by atoms with van der Waals surface area (Å²) < 4.78 is 38.3. The van der Waals surface area contributed by atoms with Gasteiger partial charge in [0.25, 0.3) is 0 Å². The van der Waals surface area contributed by atoms with Gasteiger partial charge >= 0.3 is 6.36 Å². The van der Waals surface area contributed by atoms with Crippen LogP contribution in [0.1, 0.15) is 0 Å². The standard InChI is InChI=1S/C4H3F3NO2/c5-4(6,7)10-8-1-2-9-3-8/h1H,3H2. The predicted molar refractivity (Wildman–Crippen MR) is 22.7 cm³/mol. The molecular weight excluding hydrogens is 151 g/mol. The molecule has 0 N–H and O–H groups in total. The molecule has 6 heteroatoms. The lowest BCUT2D eigenvalue weighted by Crippen LogP contribution is -2.26. The normalized spacial score (nSPS) is 17.7. The van der Waals surface area contributed by atoms with Gasteiger partial charge in [-0.3, -0.25) is 0 Å². The molecule has 1 aliphatic heterocycles. The molecule has 1 heterocycles. The van der Waals surface area contributed by atoms with Gasteiger partial charge in [0.05, 0.1) is 6.20 Å². The van der Waals surface area contributed by atoms with Crippen molar-refractivity contribution in [1.82, 2.24) is 5.06 Å². The van der Waals surface area contributed by atoms with Crippen molar-refractivity contribution < 1.29 is 22.7 Å². The van der Waals surface area contributed by atoms with Crippen LogP contribution in [-0.4, -0.2) is 18.2 Å². The SMILES string of the molecule is FC(F)(F)ON1C=[C]OC1. The second-order valence-corrected chi connectivity index (χ2v) is 1.47. The summed E-state index contributed by atoms with van der Waals surface area (Å²) >= 11 is 0. The summed E-state index contributed by atoms with van der Waals surface area (Å²) in [5.74, 6) is 0. The van der Waals surface area contributed by atoms with Crippen molar-refractivity contribution in [1.29, 1.82) is 0 Å². The van der Waals surface area contributed by atoms with Crippen molar-refractivity contribution in [2.45, 2.75) is 6.36 Å². The molecule has 1 rings (SSSR count). The van der Waals surface area contributed by atoms with E-state index in [1.807, 2.05) is 0 Å². The summed E-state index contributed by atoms with van der Waals surface area (Å²) in [5.41, 5.74) is 0. The molecule has 3 nitrogen and oxygen atoms in total. The summed E-state index contributed by atoms with van der Waals surface area (Å²) in [5, 5.41) is 0.486. The van der Waals surface area contributed by atoms with Crippen molar-refractivity contribution >= 4 is 0 Å². The molecule has 0 fully saturated rings. The van der Waals surface area contributed by atoms with Crippen LogP contribution in [0.25, 0.3) is 0 Å². The van der Waals surface area contributed by atoms with Gasteiger partial charge in [0.2, 0.25) is 0 Å². The van der Waals surface area contributed by atoms with Crippen LogP contribution in [0.3, 0.4) is 0 Å². The van der Waals surface area contributed by atoms with Crippen LogP contribution in [0.2, 0.25) is 0 Å². The molecule has 1 radical (unpaired) electrons. The Labute approximate surface area is 54.6 Å². The third kappa shape index (κ3) is 2.14. The highest BCUT2D eigenvalue weighted by Gasteiger charge is 2.33. The monoisotopic (exact) mass is 154 g/mol. The van der Waals surface area contributed by atoms with Crippen molar-refractivity contribution in [3.8, 4) is 0 Å². The Hall–Kier alpha value is -0.910. The van der Waals surface area contributed by atoms with Crippen molar-refractivity contribution in [2.75, 3.05) is 6.73 Å². The Balaban J connectivity index is 2.31. The molecule has 0 bridgehead atoms. The van der Waals surface area contributed by atoms with Gasteiger partial charge in [0.15, 0.2) is 13.0 Å². The highest BCUT2D eigenvalue weighted by Crippen LogP contribution is 2.19. The summed E-state index contributed by atoms with van der Waals surface area (Å²) in [4.78, 5) is 3.39. The van der Waals surface area contributed by atoms with Gasteiger partial charge in [-0.25, -0.2) is 5.06 Å². The second-order valence-electron chi connectivity index (χ2n) is 1.47. The zero-order valence-electron chi connectivity index (χ0n) is 4.68. The van der Waals surface area contributed by atoms with Gasteiger partial charge in [-0.15, -0.1) is 13.2 Å². The van der Waals surface area contributed by atoms with E-state index in [-0.39, 0.29) is 6.73 Å². The van der Waals surface area contributed by atoms with Crippen LogP contribution in [0.4, 0.5) is 13.2 Å². The van der Waals surface area contributed by atoms with Gasteiger partial charge in [-0.2, -0.15) is 4.84 Å². The minimum absolute atomic E-state index is 0.278. The second kappa shape index (κ2) is 2.37. The fourth-order valence-electron chi connectivity index (χ4n) is 0.420.